The summed E-state index contributed by atoms with van der Waals surface area (Å²) in [4.78, 5) is 28.4. The molecule has 0 saturated carbocycles. The molecule has 0 radical (unpaired) electrons. The van der Waals surface area contributed by atoms with E-state index in [1.165, 1.54) is 0 Å². The van der Waals surface area contributed by atoms with E-state index in [9.17, 15) is 9.59 Å². The average Bonchev–Trinajstić information content (AvgIpc) is 3.08. The highest BCUT2D eigenvalue weighted by Crippen LogP contribution is 2.23. The molecule has 3 heterocycles. The molecular formula is C16H22N2O3. The third kappa shape index (κ3) is 2.82. The molecule has 3 rings (SSSR count). The van der Waals surface area contributed by atoms with E-state index in [-0.39, 0.29) is 17.9 Å². The van der Waals surface area contributed by atoms with Crippen molar-refractivity contribution >= 4 is 11.8 Å². The van der Waals surface area contributed by atoms with Crippen LogP contribution in [0, 0.1) is 6.92 Å². The summed E-state index contributed by atoms with van der Waals surface area (Å²) in [5, 5.41) is 0. The maximum atomic E-state index is 12.7. The quantitative estimate of drug-likeness (QED) is 0.857. The maximum Gasteiger partial charge on any atom is 0.257 e. The molecule has 2 aliphatic heterocycles. The Balaban J connectivity index is 1.73. The summed E-state index contributed by atoms with van der Waals surface area (Å²) in [6.07, 6.45) is 6.30. The van der Waals surface area contributed by atoms with Crippen LogP contribution in [-0.2, 0) is 4.79 Å². The fraction of sp³-hybridized carbons (Fsp3) is 0.625. The van der Waals surface area contributed by atoms with Gasteiger partial charge in [-0.05, 0) is 38.7 Å². The van der Waals surface area contributed by atoms with Crippen molar-refractivity contribution in [2.24, 2.45) is 0 Å². The van der Waals surface area contributed by atoms with Crippen molar-refractivity contribution in [2.75, 3.05) is 19.6 Å². The summed E-state index contributed by atoms with van der Waals surface area (Å²) in [6.45, 7) is 4.11. The fourth-order valence-corrected chi connectivity index (χ4v) is 3.37. The zero-order chi connectivity index (χ0) is 14.8. The van der Waals surface area contributed by atoms with Crippen molar-refractivity contribution in [1.82, 2.24) is 9.80 Å². The molecule has 5 nitrogen and oxygen atoms in total. The highest BCUT2D eigenvalue weighted by molar-refractivity contribution is 5.95. The van der Waals surface area contributed by atoms with E-state index in [0.717, 1.165) is 38.8 Å². The zero-order valence-corrected chi connectivity index (χ0v) is 12.5. The molecule has 5 heteroatoms. The van der Waals surface area contributed by atoms with Crippen molar-refractivity contribution in [3.8, 4) is 0 Å². The number of amides is 2. The van der Waals surface area contributed by atoms with Crippen LogP contribution in [0.2, 0.25) is 0 Å². The summed E-state index contributed by atoms with van der Waals surface area (Å²) in [6, 6.07) is 1.88. The summed E-state index contributed by atoms with van der Waals surface area (Å²) in [5.74, 6) is 0.937. The minimum atomic E-state index is 0.0394. The lowest BCUT2D eigenvalue weighted by atomic mass is 10.0. The third-order valence-electron chi connectivity index (χ3n) is 4.58. The van der Waals surface area contributed by atoms with Gasteiger partial charge in [0.1, 0.15) is 5.76 Å². The molecular weight excluding hydrogens is 268 g/mol. The largest absolute Gasteiger partial charge is 0.469 e. The van der Waals surface area contributed by atoms with E-state index in [1.807, 2.05) is 16.7 Å². The number of hydrogen-bond acceptors (Lipinski definition) is 3. The smallest absolute Gasteiger partial charge is 0.257 e. The van der Waals surface area contributed by atoms with Gasteiger partial charge in [0.25, 0.3) is 5.91 Å². The number of piperidine rings is 1. The van der Waals surface area contributed by atoms with Gasteiger partial charge in [-0.2, -0.15) is 0 Å². The summed E-state index contributed by atoms with van der Waals surface area (Å²) in [5.41, 5.74) is 0.648. The first-order valence-corrected chi connectivity index (χ1v) is 7.79. The van der Waals surface area contributed by atoms with E-state index in [0.29, 0.717) is 24.3 Å². The number of nitrogens with zero attached hydrogens (tertiary/aromatic N) is 2. The molecule has 1 unspecified atom stereocenters. The first-order valence-electron chi connectivity index (χ1n) is 7.79. The molecule has 0 aliphatic carbocycles. The van der Waals surface area contributed by atoms with Crippen LogP contribution >= 0.6 is 0 Å². The number of carbonyl (C=O) groups is 2. The first kappa shape index (κ1) is 14.2. The molecule has 0 N–H and O–H groups in total. The Labute approximate surface area is 124 Å². The molecule has 21 heavy (non-hydrogen) atoms. The molecule has 0 aromatic carbocycles. The topological polar surface area (TPSA) is 53.8 Å². The number of carbonyl (C=O) groups excluding carboxylic acids is 2. The maximum absolute atomic E-state index is 12.7. The van der Waals surface area contributed by atoms with Crippen LogP contribution in [0.15, 0.2) is 16.7 Å². The third-order valence-corrected chi connectivity index (χ3v) is 4.58. The lowest BCUT2D eigenvalue weighted by Gasteiger charge is -2.37. The van der Waals surface area contributed by atoms with Crippen LogP contribution in [0.3, 0.4) is 0 Å². The highest BCUT2D eigenvalue weighted by Gasteiger charge is 2.32. The van der Waals surface area contributed by atoms with Crippen LogP contribution in [-0.4, -0.2) is 47.3 Å². The minimum absolute atomic E-state index is 0.0394. The van der Waals surface area contributed by atoms with Crippen molar-refractivity contribution in [2.45, 2.75) is 45.1 Å². The van der Waals surface area contributed by atoms with Crippen LogP contribution in [0.1, 0.15) is 48.2 Å². The Morgan fingerprint density at radius 2 is 2.19 bits per heavy atom. The molecule has 2 fully saturated rings. The van der Waals surface area contributed by atoms with Crippen LogP contribution in [0.25, 0.3) is 0 Å². The van der Waals surface area contributed by atoms with E-state index in [2.05, 4.69) is 0 Å². The Bertz CT molecular complexity index is 537. The first-order chi connectivity index (χ1) is 10.2. The van der Waals surface area contributed by atoms with Crippen molar-refractivity contribution < 1.29 is 14.0 Å². The molecule has 1 aromatic rings. The number of aryl methyl sites for hydroxylation is 1. The van der Waals surface area contributed by atoms with E-state index >= 15 is 0 Å². The Hall–Kier alpha value is -1.78. The van der Waals surface area contributed by atoms with Gasteiger partial charge < -0.3 is 14.2 Å². The van der Waals surface area contributed by atoms with Gasteiger partial charge in [-0.25, -0.2) is 0 Å². The minimum Gasteiger partial charge on any atom is -0.469 e. The Morgan fingerprint density at radius 3 is 2.86 bits per heavy atom. The van der Waals surface area contributed by atoms with Crippen molar-refractivity contribution in [1.29, 1.82) is 0 Å². The van der Waals surface area contributed by atoms with E-state index < -0.39 is 0 Å². The molecule has 2 saturated heterocycles. The number of likely N-dealkylation sites (tertiary alicyclic amines) is 2. The summed E-state index contributed by atoms with van der Waals surface area (Å²) < 4.78 is 5.25. The SMILES string of the molecule is Cc1occc1C(=O)N1CCCCC1CN1CCCC1=O. The van der Waals surface area contributed by atoms with Gasteiger partial charge in [-0.15, -0.1) is 0 Å². The molecule has 2 amide bonds. The standard InChI is InChI=1S/C16H22N2O3/c1-12-14(7-10-21-12)16(20)18-9-3-2-5-13(18)11-17-8-4-6-15(17)19/h7,10,13H,2-6,8-9,11H2,1H3. The van der Waals surface area contributed by atoms with Gasteiger partial charge in [-0.3, -0.25) is 9.59 Å². The fourth-order valence-electron chi connectivity index (χ4n) is 3.37. The molecule has 1 atom stereocenters. The van der Waals surface area contributed by atoms with Crippen LogP contribution < -0.4 is 0 Å². The normalized spacial score (nSPS) is 22.9. The predicted octanol–water partition coefficient (Wildman–Crippen LogP) is 2.21. The van der Waals surface area contributed by atoms with E-state index in [4.69, 9.17) is 4.42 Å². The van der Waals surface area contributed by atoms with Gasteiger partial charge in [-0.1, -0.05) is 0 Å². The molecule has 1 aromatic heterocycles. The lowest BCUT2D eigenvalue weighted by Crippen LogP contribution is -2.49. The molecule has 2 aliphatic rings. The second kappa shape index (κ2) is 5.92. The van der Waals surface area contributed by atoms with Gasteiger partial charge in [0, 0.05) is 32.1 Å². The second-order valence-electron chi connectivity index (χ2n) is 5.98. The molecule has 0 bridgehead atoms. The highest BCUT2D eigenvalue weighted by atomic mass is 16.3. The monoisotopic (exact) mass is 290 g/mol. The van der Waals surface area contributed by atoms with E-state index in [1.54, 1.807) is 12.3 Å². The van der Waals surface area contributed by atoms with Crippen LogP contribution in [0.5, 0.6) is 0 Å². The molecule has 0 spiro atoms. The lowest BCUT2D eigenvalue weighted by molar-refractivity contribution is -0.128. The zero-order valence-electron chi connectivity index (χ0n) is 12.5. The number of rotatable bonds is 3. The number of hydrogen-bond donors (Lipinski definition) is 0. The summed E-state index contributed by atoms with van der Waals surface area (Å²) in [7, 11) is 0. The van der Waals surface area contributed by atoms with Crippen LogP contribution in [0.4, 0.5) is 0 Å². The van der Waals surface area contributed by atoms with Crippen molar-refractivity contribution in [3.63, 3.8) is 0 Å². The number of furan rings is 1. The average molecular weight is 290 g/mol. The van der Waals surface area contributed by atoms with Crippen molar-refractivity contribution in [3.05, 3.63) is 23.7 Å². The van der Waals surface area contributed by atoms with Gasteiger partial charge in [0.05, 0.1) is 11.8 Å². The predicted molar refractivity (Wildman–Crippen MR) is 77.9 cm³/mol. The Morgan fingerprint density at radius 1 is 1.33 bits per heavy atom. The summed E-state index contributed by atoms with van der Waals surface area (Å²) >= 11 is 0. The van der Waals surface area contributed by atoms with Gasteiger partial charge >= 0.3 is 0 Å². The van der Waals surface area contributed by atoms with Gasteiger partial charge in [0.15, 0.2) is 0 Å². The van der Waals surface area contributed by atoms with Gasteiger partial charge in [0.2, 0.25) is 5.91 Å². The molecule has 114 valence electrons. The second-order valence-corrected chi connectivity index (χ2v) is 5.98. The Kier molecular flexibility index (Phi) is 3.99.